The van der Waals surface area contributed by atoms with Crippen LogP contribution in [-0.4, -0.2) is 44.3 Å². The molecule has 0 bridgehead atoms. The van der Waals surface area contributed by atoms with Gasteiger partial charge in [0.15, 0.2) is 5.82 Å². The van der Waals surface area contributed by atoms with Crippen LogP contribution >= 0.6 is 11.8 Å². The molecule has 0 unspecified atom stereocenters. The molecule has 1 atom stereocenters. The molecule has 5 nitrogen and oxygen atoms in total. The summed E-state index contributed by atoms with van der Waals surface area (Å²) in [7, 11) is 0. The zero-order valence-corrected chi connectivity index (χ0v) is 13.1. The first-order valence-corrected chi connectivity index (χ1v) is 8.16. The van der Waals surface area contributed by atoms with Gasteiger partial charge in [-0.3, -0.25) is 9.89 Å². The summed E-state index contributed by atoms with van der Waals surface area (Å²) in [5.41, 5.74) is 0.375. The molecule has 3 rings (SSSR count). The molecule has 1 aliphatic rings. The standard InChI is InChI=1S/C15H17FN4OS/c1-10(14(21)20-8-4-5-9-20)22-15-17-13(18-19-15)11-6-2-3-7-12(11)16/h2-3,6-7,10H,4-5,8-9H2,1H3,(H,17,18,19)/t10-/m1/s1. The Hall–Kier alpha value is -1.89. The highest BCUT2D eigenvalue weighted by atomic mass is 32.2. The normalized spacial score (nSPS) is 16.0. The molecule has 22 heavy (non-hydrogen) atoms. The number of carbonyl (C=O) groups is 1. The van der Waals surface area contributed by atoms with Gasteiger partial charge >= 0.3 is 0 Å². The highest BCUT2D eigenvalue weighted by molar-refractivity contribution is 8.00. The minimum absolute atomic E-state index is 0.111. The van der Waals surface area contributed by atoms with E-state index in [1.807, 2.05) is 11.8 Å². The Morgan fingerprint density at radius 3 is 2.82 bits per heavy atom. The van der Waals surface area contributed by atoms with E-state index in [2.05, 4.69) is 15.2 Å². The van der Waals surface area contributed by atoms with E-state index in [4.69, 9.17) is 0 Å². The summed E-state index contributed by atoms with van der Waals surface area (Å²) in [6, 6.07) is 6.39. The Labute approximate surface area is 132 Å². The highest BCUT2D eigenvalue weighted by Crippen LogP contribution is 2.25. The fraction of sp³-hybridized carbons (Fsp3) is 0.400. The van der Waals surface area contributed by atoms with Crippen LogP contribution in [-0.2, 0) is 4.79 Å². The molecule has 0 saturated carbocycles. The third-order valence-corrected chi connectivity index (χ3v) is 4.59. The van der Waals surface area contributed by atoms with Crippen molar-refractivity contribution in [3.8, 4) is 11.4 Å². The number of aromatic nitrogens is 3. The molecule has 116 valence electrons. The number of aromatic amines is 1. The van der Waals surface area contributed by atoms with E-state index in [0.29, 0.717) is 16.5 Å². The second-order valence-electron chi connectivity index (χ2n) is 5.24. The first-order valence-electron chi connectivity index (χ1n) is 7.28. The van der Waals surface area contributed by atoms with Gasteiger partial charge in [-0.25, -0.2) is 9.37 Å². The Balaban J connectivity index is 1.69. The monoisotopic (exact) mass is 320 g/mol. The summed E-state index contributed by atoms with van der Waals surface area (Å²) < 4.78 is 13.7. The summed E-state index contributed by atoms with van der Waals surface area (Å²) in [5, 5.41) is 7.01. The maximum absolute atomic E-state index is 13.7. The van der Waals surface area contributed by atoms with Crippen molar-refractivity contribution >= 4 is 17.7 Å². The number of carbonyl (C=O) groups excluding carboxylic acids is 1. The second kappa shape index (κ2) is 6.48. The molecule has 0 aliphatic carbocycles. The smallest absolute Gasteiger partial charge is 0.235 e. The predicted molar refractivity (Wildman–Crippen MR) is 82.9 cm³/mol. The molecule has 2 heterocycles. The lowest BCUT2D eigenvalue weighted by atomic mass is 10.2. The highest BCUT2D eigenvalue weighted by Gasteiger charge is 2.25. The van der Waals surface area contributed by atoms with Crippen LogP contribution in [0.3, 0.4) is 0 Å². The van der Waals surface area contributed by atoms with Gasteiger partial charge < -0.3 is 4.90 Å². The van der Waals surface area contributed by atoms with Gasteiger partial charge in [0.2, 0.25) is 11.1 Å². The summed E-state index contributed by atoms with van der Waals surface area (Å²) in [6.07, 6.45) is 2.14. The molecular formula is C15H17FN4OS. The van der Waals surface area contributed by atoms with Crippen LogP contribution in [0.5, 0.6) is 0 Å². The number of hydrogen-bond acceptors (Lipinski definition) is 4. The van der Waals surface area contributed by atoms with E-state index in [0.717, 1.165) is 25.9 Å². The fourth-order valence-corrected chi connectivity index (χ4v) is 3.28. The van der Waals surface area contributed by atoms with E-state index in [9.17, 15) is 9.18 Å². The largest absolute Gasteiger partial charge is 0.342 e. The SMILES string of the molecule is C[C@@H](Sc1n[nH]c(-c2ccccc2F)n1)C(=O)N1CCCC1. The Kier molecular flexibility index (Phi) is 4.42. The van der Waals surface area contributed by atoms with Gasteiger partial charge in [0.25, 0.3) is 0 Å². The fourth-order valence-electron chi connectivity index (χ4n) is 2.48. The molecule has 1 saturated heterocycles. The number of benzene rings is 1. The van der Waals surface area contributed by atoms with E-state index in [1.54, 1.807) is 18.2 Å². The molecule has 1 aliphatic heterocycles. The van der Waals surface area contributed by atoms with Crippen LogP contribution in [0, 0.1) is 5.82 Å². The van der Waals surface area contributed by atoms with Crippen molar-refractivity contribution in [1.82, 2.24) is 20.1 Å². The van der Waals surface area contributed by atoms with Crippen molar-refractivity contribution in [2.75, 3.05) is 13.1 Å². The summed E-state index contributed by atoms with van der Waals surface area (Å²) >= 11 is 1.29. The molecule has 7 heteroatoms. The topological polar surface area (TPSA) is 61.9 Å². The number of thioether (sulfide) groups is 1. The lowest BCUT2D eigenvalue weighted by Gasteiger charge is -2.18. The lowest BCUT2D eigenvalue weighted by Crippen LogP contribution is -2.34. The average molecular weight is 320 g/mol. The van der Waals surface area contributed by atoms with Crippen LogP contribution in [0.25, 0.3) is 11.4 Å². The van der Waals surface area contributed by atoms with Gasteiger partial charge in [0.05, 0.1) is 10.8 Å². The number of halogens is 1. The van der Waals surface area contributed by atoms with Gasteiger partial charge in [-0.15, -0.1) is 5.10 Å². The van der Waals surface area contributed by atoms with Crippen LogP contribution in [0.4, 0.5) is 4.39 Å². The summed E-state index contributed by atoms with van der Waals surface area (Å²) in [4.78, 5) is 18.4. The van der Waals surface area contributed by atoms with Gasteiger partial charge in [0, 0.05) is 13.1 Å². The maximum Gasteiger partial charge on any atom is 0.235 e. The molecule has 1 N–H and O–H groups in total. The van der Waals surface area contributed by atoms with Crippen LogP contribution in [0.1, 0.15) is 19.8 Å². The van der Waals surface area contributed by atoms with E-state index < -0.39 is 0 Å². The number of H-pyrrole nitrogens is 1. The van der Waals surface area contributed by atoms with Crippen molar-refractivity contribution in [1.29, 1.82) is 0 Å². The summed E-state index contributed by atoms with van der Waals surface area (Å²) in [5.74, 6) is 0.137. The second-order valence-corrected chi connectivity index (χ2v) is 6.55. The molecule has 0 spiro atoms. The van der Waals surface area contributed by atoms with E-state index in [-0.39, 0.29) is 17.0 Å². The van der Waals surface area contributed by atoms with Crippen molar-refractivity contribution < 1.29 is 9.18 Å². The molecule has 1 amide bonds. The number of likely N-dealkylation sites (tertiary alicyclic amines) is 1. The zero-order valence-electron chi connectivity index (χ0n) is 12.3. The van der Waals surface area contributed by atoms with Gasteiger partial charge in [-0.05, 0) is 31.9 Å². The van der Waals surface area contributed by atoms with Crippen molar-refractivity contribution in [3.05, 3.63) is 30.1 Å². The Morgan fingerprint density at radius 1 is 1.36 bits per heavy atom. The van der Waals surface area contributed by atoms with Crippen LogP contribution in [0.2, 0.25) is 0 Å². The first-order chi connectivity index (χ1) is 10.6. The van der Waals surface area contributed by atoms with Gasteiger partial charge in [-0.2, -0.15) is 0 Å². The van der Waals surface area contributed by atoms with Crippen LogP contribution in [0.15, 0.2) is 29.4 Å². The van der Waals surface area contributed by atoms with Crippen LogP contribution < -0.4 is 0 Å². The molecule has 2 aromatic rings. The number of nitrogens with zero attached hydrogens (tertiary/aromatic N) is 3. The molecule has 1 aromatic carbocycles. The average Bonchev–Trinajstić information content (AvgIpc) is 3.18. The summed E-state index contributed by atoms with van der Waals surface area (Å²) in [6.45, 7) is 3.51. The zero-order chi connectivity index (χ0) is 15.5. The first kappa shape index (κ1) is 15.0. The Morgan fingerprint density at radius 2 is 2.09 bits per heavy atom. The van der Waals surface area contributed by atoms with E-state index >= 15 is 0 Å². The minimum Gasteiger partial charge on any atom is -0.342 e. The lowest BCUT2D eigenvalue weighted by molar-refractivity contribution is -0.129. The quantitative estimate of drug-likeness (QED) is 0.880. The molecule has 0 radical (unpaired) electrons. The van der Waals surface area contributed by atoms with Crippen molar-refractivity contribution in [2.24, 2.45) is 0 Å². The number of rotatable bonds is 4. The minimum atomic E-state index is -0.351. The predicted octanol–water partition coefficient (Wildman–Crippen LogP) is 2.71. The Bertz CT molecular complexity index is 669. The number of hydrogen-bond donors (Lipinski definition) is 1. The number of amides is 1. The molecule has 1 aromatic heterocycles. The number of nitrogens with one attached hydrogen (secondary N) is 1. The molecule has 1 fully saturated rings. The van der Waals surface area contributed by atoms with Crippen molar-refractivity contribution in [3.63, 3.8) is 0 Å². The van der Waals surface area contributed by atoms with Gasteiger partial charge in [0.1, 0.15) is 5.82 Å². The molecular weight excluding hydrogens is 303 g/mol. The van der Waals surface area contributed by atoms with Gasteiger partial charge in [-0.1, -0.05) is 23.9 Å². The van der Waals surface area contributed by atoms with Crippen molar-refractivity contribution in [2.45, 2.75) is 30.2 Å². The third kappa shape index (κ3) is 3.14. The van der Waals surface area contributed by atoms with E-state index in [1.165, 1.54) is 17.8 Å². The third-order valence-electron chi connectivity index (χ3n) is 3.64. The maximum atomic E-state index is 13.7.